The summed E-state index contributed by atoms with van der Waals surface area (Å²) >= 11 is 0. The van der Waals surface area contributed by atoms with Crippen molar-refractivity contribution in [1.29, 1.82) is 0 Å². The molecule has 100 valence electrons. The van der Waals surface area contributed by atoms with E-state index in [-0.39, 0.29) is 11.6 Å². The monoisotopic (exact) mass is 261 g/mol. The number of rotatable bonds is 3. The van der Waals surface area contributed by atoms with Crippen molar-refractivity contribution in [2.75, 3.05) is 0 Å². The highest BCUT2D eigenvalue weighted by Gasteiger charge is 2.10. The lowest BCUT2D eigenvalue weighted by molar-refractivity contribution is 0.595. The van der Waals surface area contributed by atoms with Gasteiger partial charge in [-0.1, -0.05) is 31.2 Å². The lowest BCUT2D eigenvalue weighted by Crippen LogP contribution is -2.08. The van der Waals surface area contributed by atoms with Crippen LogP contribution in [-0.4, -0.2) is 0 Å². The van der Waals surface area contributed by atoms with Gasteiger partial charge in [0.15, 0.2) is 0 Å². The minimum absolute atomic E-state index is 0.0198. The number of nitrogens with two attached hydrogens (primary N) is 1. The smallest absolute Gasteiger partial charge is 0.131 e. The van der Waals surface area contributed by atoms with E-state index in [0.717, 1.165) is 12.0 Å². The molecule has 0 bridgehead atoms. The Morgan fingerprint density at radius 1 is 1.05 bits per heavy atom. The zero-order valence-electron chi connectivity index (χ0n) is 11.1. The average Bonchev–Trinajstić information content (AvgIpc) is 2.42. The fourth-order valence-electron chi connectivity index (χ4n) is 2.01. The van der Waals surface area contributed by atoms with Gasteiger partial charge in [0, 0.05) is 11.6 Å². The first-order valence-corrected chi connectivity index (χ1v) is 6.34. The Labute approximate surface area is 112 Å². The van der Waals surface area contributed by atoms with Gasteiger partial charge in [-0.05, 0) is 42.2 Å². The van der Waals surface area contributed by atoms with Crippen LogP contribution in [-0.2, 0) is 0 Å². The first-order chi connectivity index (χ1) is 9.02. The molecule has 0 aliphatic rings. The summed E-state index contributed by atoms with van der Waals surface area (Å²) in [7, 11) is 0. The van der Waals surface area contributed by atoms with Crippen molar-refractivity contribution in [2.45, 2.75) is 26.3 Å². The molecular formula is C16H17F2N. The lowest BCUT2D eigenvalue weighted by Gasteiger charge is -2.11. The van der Waals surface area contributed by atoms with Crippen LogP contribution >= 0.6 is 0 Å². The van der Waals surface area contributed by atoms with E-state index < -0.39 is 11.6 Å². The van der Waals surface area contributed by atoms with Crippen LogP contribution in [0, 0.1) is 18.6 Å². The van der Waals surface area contributed by atoms with Crippen LogP contribution in [0.15, 0.2) is 36.4 Å². The van der Waals surface area contributed by atoms with Gasteiger partial charge in [-0.2, -0.15) is 0 Å². The second-order valence-electron chi connectivity index (χ2n) is 4.72. The van der Waals surface area contributed by atoms with E-state index in [1.807, 2.05) is 19.1 Å². The highest BCUT2D eigenvalue weighted by molar-refractivity contribution is 5.65. The van der Waals surface area contributed by atoms with E-state index in [4.69, 9.17) is 5.73 Å². The summed E-state index contributed by atoms with van der Waals surface area (Å²) in [6, 6.07) is 9.71. The molecule has 0 heterocycles. The van der Waals surface area contributed by atoms with Crippen molar-refractivity contribution in [3.05, 3.63) is 59.2 Å². The number of halogens is 2. The van der Waals surface area contributed by atoms with E-state index in [1.54, 1.807) is 19.1 Å². The maximum atomic E-state index is 13.9. The Morgan fingerprint density at radius 3 is 2.26 bits per heavy atom. The zero-order valence-corrected chi connectivity index (χ0v) is 11.1. The minimum atomic E-state index is -0.411. The Balaban J connectivity index is 2.40. The quantitative estimate of drug-likeness (QED) is 0.873. The van der Waals surface area contributed by atoms with Crippen molar-refractivity contribution >= 4 is 0 Å². The molecule has 0 spiro atoms. The molecule has 2 rings (SSSR count). The summed E-state index contributed by atoms with van der Waals surface area (Å²) in [5.74, 6) is -0.808. The first kappa shape index (κ1) is 13.7. The van der Waals surface area contributed by atoms with Gasteiger partial charge in [0.1, 0.15) is 11.6 Å². The highest BCUT2D eigenvalue weighted by atomic mass is 19.1. The third kappa shape index (κ3) is 2.82. The Hall–Kier alpha value is -1.74. The highest BCUT2D eigenvalue weighted by Crippen LogP contribution is 2.26. The fraction of sp³-hybridized carbons (Fsp3) is 0.250. The SMILES string of the molecule is CCC(N)c1ccc(-c2cc(F)c(C)cc2F)cc1. The van der Waals surface area contributed by atoms with E-state index in [9.17, 15) is 8.78 Å². The predicted molar refractivity (Wildman–Crippen MR) is 73.8 cm³/mol. The van der Waals surface area contributed by atoms with Gasteiger partial charge in [-0.15, -0.1) is 0 Å². The van der Waals surface area contributed by atoms with Crippen LogP contribution in [0.3, 0.4) is 0 Å². The fourth-order valence-corrected chi connectivity index (χ4v) is 2.01. The van der Waals surface area contributed by atoms with Gasteiger partial charge < -0.3 is 5.73 Å². The van der Waals surface area contributed by atoms with Crippen molar-refractivity contribution in [3.63, 3.8) is 0 Å². The molecule has 2 aromatic carbocycles. The Kier molecular flexibility index (Phi) is 3.96. The van der Waals surface area contributed by atoms with Gasteiger partial charge in [0.2, 0.25) is 0 Å². The third-order valence-corrected chi connectivity index (χ3v) is 3.34. The standard InChI is InChI=1S/C16H17F2N/c1-3-16(19)12-6-4-11(5-7-12)13-9-14(17)10(2)8-15(13)18/h4-9,16H,3,19H2,1-2H3. The number of benzene rings is 2. The van der Waals surface area contributed by atoms with Gasteiger partial charge in [0.25, 0.3) is 0 Å². The molecule has 19 heavy (non-hydrogen) atoms. The van der Waals surface area contributed by atoms with Crippen molar-refractivity contribution in [1.82, 2.24) is 0 Å². The van der Waals surface area contributed by atoms with Crippen LogP contribution in [0.5, 0.6) is 0 Å². The van der Waals surface area contributed by atoms with Crippen LogP contribution in [0.1, 0.15) is 30.5 Å². The molecule has 0 saturated heterocycles. The summed E-state index contributed by atoms with van der Waals surface area (Å²) in [5, 5.41) is 0. The molecule has 2 aromatic rings. The van der Waals surface area contributed by atoms with Crippen LogP contribution in [0.25, 0.3) is 11.1 Å². The Morgan fingerprint density at radius 2 is 1.68 bits per heavy atom. The van der Waals surface area contributed by atoms with Gasteiger partial charge in [-0.3, -0.25) is 0 Å². The maximum absolute atomic E-state index is 13.9. The summed E-state index contributed by atoms with van der Waals surface area (Å²) in [5.41, 5.74) is 8.17. The maximum Gasteiger partial charge on any atom is 0.131 e. The molecular weight excluding hydrogens is 244 g/mol. The van der Waals surface area contributed by atoms with E-state index >= 15 is 0 Å². The normalized spacial score (nSPS) is 12.5. The zero-order chi connectivity index (χ0) is 14.0. The summed E-state index contributed by atoms with van der Waals surface area (Å²) in [6.07, 6.45) is 0.840. The van der Waals surface area contributed by atoms with E-state index in [1.165, 1.54) is 12.1 Å². The molecule has 0 fully saturated rings. The van der Waals surface area contributed by atoms with Crippen molar-refractivity contribution in [2.24, 2.45) is 5.73 Å². The molecule has 3 heteroatoms. The molecule has 1 unspecified atom stereocenters. The lowest BCUT2D eigenvalue weighted by atomic mass is 9.99. The molecule has 0 aliphatic carbocycles. The summed E-state index contributed by atoms with van der Waals surface area (Å²) < 4.78 is 27.4. The van der Waals surface area contributed by atoms with Gasteiger partial charge in [-0.25, -0.2) is 8.78 Å². The second-order valence-corrected chi connectivity index (χ2v) is 4.72. The van der Waals surface area contributed by atoms with E-state index in [0.29, 0.717) is 11.1 Å². The molecule has 2 N–H and O–H groups in total. The van der Waals surface area contributed by atoms with Gasteiger partial charge in [0.05, 0.1) is 0 Å². The minimum Gasteiger partial charge on any atom is -0.324 e. The van der Waals surface area contributed by atoms with Gasteiger partial charge >= 0.3 is 0 Å². The molecule has 0 saturated carbocycles. The first-order valence-electron chi connectivity index (χ1n) is 6.34. The topological polar surface area (TPSA) is 26.0 Å². The summed E-state index contributed by atoms with van der Waals surface area (Å²) in [4.78, 5) is 0. The summed E-state index contributed by atoms with van der Waals surface area (Å²) in [6.45, 7) is 3.55. The average molecular weight is 261 g/mol. The van der Waals surface area contributed by atoms with Crippen LogP contribution < -0.4 is 5.73 Å². The molecule has 0 amide bonds. The molecule has 1 nitrogen and oxygen atoms in total. The number of hydrogen-bond acceptors (Lipinski definition) is 1. The van der Waals surface area contributed by atoms with E-state index in [2.05, 4.69) is 0 Å². The van der Waals surface area contributed by atoms with Crippen molar-refractivity contribution in [3.8, 4) is 11.1 Å². The molecule has 0 aliphatic heterocycles. The molecule has 1 atom stereocenters. The molecule has 0 radical (unpaired) electrons. The Bertz CT molecular complexity index is 576. The van der Waals surface area contributed by atoms with Crippen LogP contribution in [0.4, 0.5) is 8.78 Å². The number of aryl methyl sites for hydroxylation is 1. The second kappa shape index (κ2) is 5.49. The largest absolute Gasteiger partial charge is 0.324 e. The molecule has 0 aromatic heterocycles. The van der Waals surface area contributed by atoms with Crippen LogP contribution in [0.2, 0.25) is 0 Å². The third-order valence-electron chi connectivity index (χ3n) is 3.34. The number of hydrogen-bond donors (Lipinski definition) is 1. The predicted octanol–water partition coefficient (Wildman–Crippen LogP) is 4.35. The van der Waals surface area contributed by atoms with Crippen molar-refractivity contribution < 1.29 is 8.78 Å².